The molecule has 6 nitrogen and oxygen atoms in total. The van der Waals surface area contributed by atoms with Crippen molar-refractivity contribution in [2.45, 2.75) is 9.79 Å². The third kappa shape index (κ3) is 7.72. The maximum atomic E-state index is 10.4. The summed E-state index contributed by atoms with van der Waals surface area (Å²) in [4.78, 5) is -0.259. The van der Waals surface area contributed by atoms with E-state index in [1.54, 1.807) is 24.3 Å². The van der Waals surface area contributed by atoms with Crippen LogP contribution in [0.15, 0.2) is 70.5 Å². The fourth-order valence-electron chi connectivity index (χ4n) is 1.18. The summed E-state index contributed by atoms with van der Waals surface area (Å²) >= 11 is 0. The first-order valence-corrected chi connectivity index (χ1v) is 8.09. The first-order valence-electron chi connectivity index (χ1n) is 5.25. The summed E-state index contributed by atoms with van der Waals surface area (Å²) in [5, 5.41) is 0. The molecule has 0 fully saturated rings. The summed E-state index contributed by atoms with van der Waals surface area (Å²) in [6, 6.07) is 14.6. The molecule has 0 aliphatic rings. The molecule has 2 aromatic rings. The molecule has 0 heterocycles. The predicted octanol–water partition coefficient (Wildman–Crippen LogP) is -1.47. The van der Waals surface area contributed by atoms with E-state index in [0.717, 1.165) is 0 Å². The molecule has 0 spiro atoms. The zero-order valence-corrected chi connectivity index (χ0v) is 14.7. The number of hydrogen-bond donors (Lipinski definition) is 1. The van der Waals surface area contributed by atoms with Crippen LogP contribution in [0.25, 0.3) is 0 Å². The molecule has 108 valence electrons. The SMILES string of the molecule is O=S(=O)(O)c1ccccc1.O=S(=O)([O-])c1ccccc1.[Na+]. The molecule has 0 aliphatic carbocycles. The van der Waals surface area contributed by atoms with Gasteiger partial charge in [0, 0.05) is 0 Å². The second-order valence-electron chi connectivity index (χ2n) is 3.56. The molecular formula is C12H11NaO6S2. The quantitative estimate of drug-likeness (QED) is 0.528. The molecule has 0 saturated carbocycles. The monoisotopic (exact) mass is 338 g/mol. The van der Waals surface area contributed by atoms with Crippen molar-refractivity contribution in [1.82, 2.24) is 0 Å². The summed E-state index contributed by atoms with van der Waals surface area (Å²) in [5.74, 6) is 0. The largest absolute Gasteiger partial charge is 1.00 e. The molecule has 2 rings (SSSR count). The van der Waals surface area contributed by atoms with Gasteiger partial charge in [0.25, 0.3) is 10.1 Å². The second-order valence-corrected chi connectivity index (χ2v) is 6.36. The zero-order valence-electron chi connectivity index (χ0n) is 11.1. The Bertz CT molecular complexity index is 675. The Morgan fingerprint density at radius 1 is 0.714 bits per heavy atom. The number of benzene rings is 2. The minimum absolute atomic E-state index is 0. The van der Waals surface area contributed by atoms with Crippen LogP contribution in [-0.2, 0) is 20.2 Å². The molecule has 21 heavy (non-hydrogen) atoms. The fourth-order valence-corrected chi connectivity index (χ4v) is 2.17. The summed E-state index contributed by atoms with van der Waals surface area (Å²) in [6.07, 6.45) is 0. The number of rotatable bonds is 2. The second kappa shape index (κ2) is 8.64. The molecule has 0 saturated heterocycles. The van der Waals surface area contributed by atoms with Crippen molar-refractivity contribution >= 4 is 20.2 Å². The van der Waals surface area contributed by atoms with Crippen molar-refractivity contribution in [3.63, 3.8) is 0 Å². The van der Waals surface area contributed by atoms with Crippen molar-refractivity contribution in [3.05, 3.63) is 60.7 Å². The summed E-state index contributed by atoms with van der Waals surface area (Å²) in [7, 11) is -8.26. The van der Waals surface area contributed by atoms with Crippen LogP contribution in [0, 0.1) is 0 Å². The molecule has 0 atom stereocenters. The van der Waals surface area contributed by atoms with Gasteiger partial charge in [-0.3, -0.25) is 4.55 Å². The molecule has 0 unspecified atom stereocenters. The van der Waals surface area contributed by atoms with Crippen molar-refractivity contribution in [1.29, 1.82) is 0 Å². The van der Waals surface area contributed by atoms with Gasteiger partial charge >= 0.3 is 29.6 Å². The molecule has 0 aliphatic heterocycles. The van der Waals surface area contributed by atoms with Gasteiger partial charge in [0.2, 0.25) is 0 Å². The zero-order chi connectivity index (χ0) is 15.2. The van der Waals surface area contributed by atoms with Crippen molar-refractivity contribution in [2.75, 3.05) is 0 Å². The van der Waals surface area contributed by atoms with Crippen molar-refractivity contribution in [3.8, 4) is 0 Å². The van der Waals surface area contributed by atoms with Crippen LogP contribution in [-0.4, -0.2) is 25.9 Å². The Hall–Kier alpha value is -0.740. The van der Waals surface area contributed by atoms with Gasteiger partial charge in [-0.15, -0.1) is 0 Å². The van der Waals surface area contributed by atoms with Gasteiger partial charge in [-0.25, -0.2) is 8.42 Å². The number of hydrogen-bond acceptors (Lipinski definition) is 5. The molecule has 2 aromatic carbocycles. The van der Waals surface area contributed by atoms with Crippen LogP contribution in [0.1, 0.15) is 0 Å². The molecule has 1 N–H and O–H groups in total. The maximum Gasteiger partial charge on any atom is 1.00 e. The molecular weight excluding hydrogens is 327 g/mol. The Balaban J connectivity index is 0.000000364. The normalized spacial score (nSPS) is 10.8. The minimum Gasteiger partial charge on any atom is -0.744 e. The smallest absolute Gasteiger partial charge is 0.744 e. The molecule has 0 radical (unpaired) electrons. The average Bonchev–Trinajstić information content (AvgIpc) is 2.40. The molecule has 0 amide bonds. The first kappa shape index (κ1) is 20.3. The van der Waals surface area contributed by atoms with Gasteiger partial charge in [-0.2, -0.15) is 8.42 Å². The van der Waals surface area contributed by atoms with Crippen LogP contribution in [0.2, 0.25) is 0 Å². The standard InChI is InChI=1S/2C6H6O3S.Na/c2*7-10(8,9)6-4-2-1-3-5-6;/h2*1-5H,(H,7,8,9);/q;;+1/p-1. The van der Waals surface area contributed by atoms with Crippen LogP contribution in [0.3, 0.4) is 0 Å². The molecule has 0 bridgehead atoms. The van der Waals surface area contributed by atoms with Gasteiger partial charge in [-0.05, 0) is 24.3 Å². The summed E-state index contributed by atoms with van der Waals surface area (Å²) in [5.41, 5.74) is 0. The van der Waals surface area contributed by atoms with Gasteiger partial charge in [0.05, 0.1) is 9.79 Å². The van der Waals surface area contributed by atoms with E-state index in [2.05, 4.69) is 0 Å². The predicted molar refractivity (Wildman–Crippen MR) is 70.7 cm³/mol. The maximum absolute atomic E-state index is 10.4. The summed E-state index contributed by atoms with van der Waals surface area (Å²) in [6.45, 7) is 0. The van der Waals surface area contributed by atoms with E-state index < -0.39 is 20.2 Å². The van der Waals surface area contributed by atoms with Crippen molar-refractivity contribution < 1.29 is 55.5 Å². The Morgan fingerprint density at radius 3 is 1.24 bits per heavy atom. The van der Waals surface area contributed by atoms with E-state index >= 15 is 0 Å². The summed E-state index contributed by atoms with van der Waals surface area (Å²) < 4.78 is 60.1. The van der Waals surface area contributed by atoms with Crippen LogP contribution < -0.4 is 29.6 Å². The van der Waals surface area contributed by atoms with E-state index in [4.69, 9.17) is 4.55 Å². The minimum atomic E-state index is -4.25. The van der Waals surface area contributed by atoms with E-state index in [9.17, 15) is 21.4 Å². The van der Waals surface area contributed by atoms with E-state index in [1.165, 1.54) is 36.4 Å². The third-order valence-corrected chi connectivity index (χ3v) is 3.79. The van der Waals surface area contributed by atoms with Crippen LogP contribution in [0.5, 0.6) is 0 Å². The molecule has 9 heteroatoms. The van der Waals surface area contributed by atoms with Crippen LogP contribution in [0.4, 0.5) is 0 Å². The van der Waals surface area contributed by atoms with E-state index in [-0.39, 0.29) is 39.3 Å². The van der Waals surface area contributed by atoms with Gasteiger partial charge in [0.1, 0.15) is 10.1 Å². The first-order chi connectivity index (χ1) is 9.21. The Kier molecular flexibility index (Phi) is 8.34. The van der Waals surface area contributed by atoms with Gasteiger partial charge < -0.3 is 4.55 Å². The molecule has 0 aromatic heterocycles. The fraction of sp³-hybridized carbons (Fsp3) is 0. The van der Waals surface area contributed by atoms with E-state index in [0.29, 0.717) is 0 Å². The van der Waals surface area contributed by atoms with Gasteiger partial charge in [-0.1, -0.05) is 36.4 Å². The van der Waals surface area contributed by atoms with Crippen molar-refractivity contribution in [2.24, 2.45) is 0 Å². The third-order valence-electron chi connectivity index (χ3n) is 2.07. The average molecular weight is 338 g/mol. The van der Waals surface area contributed by atoms with Gasteiger partial charge in [0.15, 0.2) is 0 Å². The Labute approximate surface area is 145 Å². The Morgan fingerprint density at radius 2 is 1.05 bits per heavy atom. The topological polar surface area (TPSA) is 112 Å². The van der Waals surface area contributed by atoms with E-state index in [1.807, 2.05) is 0 Å². The van der Waals surface area contributed by atoms with Crippen LogP contribution >= 0.6 is 0 Å².